The lowest BCUT2D eigenvalue weighted by atomic mass is 10.1. The number of aromatic nitrogens is 2. The Bertz CT molecular complexity index is 865. The summed E-state index contributed by atoms with van der Waals surface area (Å²) < 4.78 is 7.37. The highest BCUT2D eigenvalue weighted by Gasteiger charge is 2.16. The molecular weight excluding hydrogens is 392 g/mol. The first-order valence-corrected chi connectivity index (χ1v) is 11.3. The van der Waals surface area contributed by atoms with Crippen LogP contribution in [-0.4, -0.2) is 70.8 Å². The van der Waals surface area contributed by atoms with Crippen molar-refractivity contribution in [3.8, 4) is 0 Å². The van der Waals surface area contributed by atoms with Gasteiger partial charge >= 0.3 is 6.09 Å². The van der Waals surface area contributed by atoms with Gasteiger partial charge in [0, 0.05) is 45.8 Å². The number of aryl methyl sites for hydroxylation is 1. The Labute approximate surface area is 185 Å². The molecule has 2 heterocycles. The maximum absolute atomic E-state index is 11.7. The Hall–Kier alpha value is -2.32. The summed E-state index contributed by atoms with van der Waals surface area (Å²) in [6.45, 7) is 12.4. The number of nitrogen functional groups attached to an aromatic ring is 1. The molecule has 0 radical (unpaired) electrons. The van der Waals surface area contributed by atoms with Crippen LogP contribution in [0.3, 0.4) is 0 Å². The van der Waals surface area contributed by atoms with Gasteiger partial charge in [-0.1, -0.05) is 6.07 Å². The first kappa shape index (κ1) is 23.3. The maximum atomic E-state index is 11.7. The van der Waals surface area contributed by atoms with Gasteiger partial charge in [-0.2, -0.15) is 0 Å². The summed E-state index contributed by atoms with van der Waals surface area (Å²) in [7, 11) is 2.18. The van der Waals surface area contributed by atoms with E-state index in [4.69, 9.17) is 10.5 Å². The number of amides is 1. The molecule has 0 bridgehead atoms. The summed E-state index contributed by atoms with van der Waals surface area (Å²) in [4.78, 5) is 21.1. The van der Waals surface area contributed by atoms with Crippen molar-refractivity contribution in [2.75, 3.05) is 45.5 Å². The number of hydrogen-bond acceptors (Lipinski definition) is 6. The number of ether oxygens (including phenoxy) is 1. The molecule has 8 nitrogen and oxygen atoms in total. The lowest BCUT2D eigenvalue weighted by molar-refractivity contribution is 0.0527. The van der Waals surface area contributed by atoms with Crippen molar-refractivity contribution >= 4 is 23.1 Å². The van der Waals surface area contributed by atoms with Gasteiger partial charge < -0.3 is 25.3 Å². The van der Waals surface area contributed by atoms with Crippen LogP contribution in [0.15, 0.2) is 18.2 Å². The Morgan fingerprint density at radius 2 is 1.90 bits per heavy atom. The van der Waals surface area contributed by atoms with E-state index in [1.165, 1.54) is 5.56 Å². The standard InChI is InChI=1S/C23H38N6O2/c1-23(2,3)31-22(30)25-10-6-5-7-11-29-20-16-18(8-9-19(20)26-21(29)24)17-28-14-12-27(4)13-15-28/h8-9,16H,5-7,10-15,17H2,1-4H3,(H2,24,26)(H,25,30). The number of rotatable bonds is 8. The van der Waals surface area contributed by atoms with E-state index in [2.05, 4.69) is 49.9 Å². The molecule has 1 aliphatic rings. The number of nitrogens with one attached hydrogen (secondary N) is 1. The SMILES string of the molecule is CN1CCN(Cc2ccc3nc(N)n(CCCCCNC(=O)OC(C)(C)C)c3c2)CC1. The van der Waals surface area contributed by atoms with Crippen molar-refractivity contribution < 1.29 is 9.53 Å². The molecule has 0 spiro atoms. The van der Waals surface area contributed by atoms with E-state index in [1.807, 2.05) is 20.8 Å². The van der Waals surface area contributed by atoms with E-state index in [0.717, 1.165) is 69.6 Å². The second-order valence-corrected chi connectivity index (χ2v) is 9.51. The quantitative estimate of drug-likeness (QED) is 0.626. The fraction of sp³-hybridized carbons (Fsp3) is 0.652. The summed E-state index contributed by atoms with van der Waals surface area (Å²) in [6.07, 6.45) is 2.52. The predicted octanol–water partition coefficient (Wildman–Crippen LogP) is 3.06. The van der Waals surface area contributed by atoms with Crippen LogP contribution in [0, 0.1) is 0 Å². The molecule has 2 aromatic rings. The summed E-state index contributed by atoms with van der Waals surface area (Å²) in [5.41, 5.74) is 9.10. The maximum Gasteiger partial charge on any atom is 0.407 e. The van der Waals surface area contributed by atoms with Crippen molar-refractivity contribution in [2.45, 2.75) is 58.7 Å². The number of anilines is 1. The number of unbranched alkanes of at least 4 members (excludes halogenated alkanes) is 2. The molecule has 172 valence electrons. The number of fused-ring (bicyclic) bond motifs is 1. The van der Waals surface area contributed by atoms with Crippen LogP contribution in [0.4, 0.5) is 10.7 Å². The highest BCUT2D eigenvalue weighted by atomic mass is 16.6. The summed E-state index contributed by atoms with van der Waals surface area (Å²) in [5.74, 6) is 0.568. The number of carbonyl (C=O) groups excluding carboxylic acids is 1. The second-order valence-electron chi connectivity index (χ2n) is 9.51. The lowest BCUT2D eigenvalue weighted by Crippen LogP contribution is -2.43. The Balaban J connectivity index is 1.48. The molecule has 0 saturated carbocycles. The van der Waals surface area contributed by atoms with Gasteiger partial charge in [-0.15, -0.1) is 0 Å². The first-order valence-electron chi connectivity index (χ1n) is 11.3. The third kappa shape index (κ3) is 7.11. The minimum atomic E-state index is -0.465. The average molecular weight is 431 g/mol. The van der Waals surface area contributed by atoms with Gasteiger partial charge in [-0.05, 0) is 64.8 Å². The molecule has 1 fully saturated rings. The smallest absolute Gasteiger partial charge is 0.407 e. The Morgan fingerprint density at radius 3 is 2.61 bits per heavy atom. The molecule has 31 heavy (non-hydrogen) atoms. The van der Waals surface area contributed by atoms with Gasteiger partial charge in [0.15, 0.2) is 0 Å². The van der Waals surface area contributed by atoms with Crippen molar-refractivity contribution in [1.29, 1.82) is 0 Å². The van der Waals surface area contributed by atoms with Crippen molar-refractivity contribution in [2.24, 2.45) is 0 Å². The highest BCUT2D eigenvalue weighted by Crippen LogP contribution is 2.21. The molecule has 1 saturated heterocycles. The highest BCUT2D eigenvalue weighted by molar-refractivity contribution is 5.79. The number of nitrogens with two attached hydrogens (primary N) is 1. The summed E-state index contributed by atoms with van der Waals surface area (Å²) >= 11 is 0. The summed E-state index contributed by atoms with van der Waals surface area (Å²) in [5, 5.41) is 2.81. The van der Waals surface area contributed by atoms with Crippen LogP contribution in [0.25, 0.3) is 11.0 Å². The fourth-order valence-electron chi connectivity index (χ4n) is 3.86. The van der Waals surface area contributed by atoms with E-state index < -0.39 is 5.60 Å². The van der Waals surface area contributed by atoms with E-state index in [1.54, 1.807) is 0 Å². The zero-order chi connectivity index (χ0) is 22.4. The van der Waals surface area contributed by atoms with Crippen molar-refractivity contribution in [3.63, 3.8) is 0 Å². The van der Waals surface area contributed by atoms with Crippen molar-refractivity contribution in [3.05, 3.63) is 23.8 Å². The molecule has 0 aliphatic carbocycles. The lowest BCUT2D eigenvalue weighted by Gasteiger charge is -2.32. The second kappa shape index (κ2) is 10.3. The monoisotopic (exact) mass is 430 g/mol. The number of imidazole rings is 1. The van der Waals surface area contributed by atoms with Crippen LogP contribution in [-0.2, 0) is 17.8 Å². The van der Waals surface area contributed by atoms with E-state index in [0.29, 0.717) is 12.5 Å². The minimum absolute atomic E-state index is 0.356. The molecule has 3 N–H and O–H groups in total. The van der Waals surface area contributed by atoms with Gasteiger partial charge in [-0.25, -0.2) is 9.78 Å². The number of carbonyl (C=O) groups is 1. The Morgan fingerprint density at radius 1 is 1.16 bits per heavy atom. The molecule has 1 aromatic heterocycles. The van der Waals surface area contributed by atoms with Crippen molar-refractivity contribution in [1.82, 2.24) is 24.7 Å². The minimum Gasteiger partial charge on any atom is -0.444 e. The molecule has 0 atom stereocenters. The van der Waals surface area contributed by atoms with Crippen LogP contribution in [0.1, 0.15) is 45.6 Å². The molecule has 0 unspecified atom stereocenters. The van der Waals surface area contributed by atoms with Crippen LogP contribution >= 0.6 is 0 Å². The van der Waals surface area contributed by atoms with Crippen LogP contribution in [0.2, 0.25) is 0 Å². The third-order valence-corrected chi connectivity index (χ3v) is 5.57. The number of hydrogen-bond donors (Lipinski definition) is 2. The number of alkyl carbamates (subject to hydrolysis) is 1. The number of nitrogens with zero attached hydrogens (tertiary/aromatic N) is 4. The molecular formula is C23H38N6O2. The first-order chi connectivity index (χ1) is 14.7. The fourth-order valence-corrected chi connectivity index (χ4v) is 3.86. The molecule has 1 aromatic carbocycles. The Kier molecular flexibility index (Phi) is 7.78. The number of benzene rings is 1. The molecule has 1 aliphatic heterocycles. The molecule has 3 rings (SSSR count). The van der Waals surface area contributed by atoms with E-state index in [9.17, 15) is 4.79 Å². The summed E-state index contributed by atoms with van der Waals surface area (Å²) in [6, 6.07) is 6.49. The predicted molar refractivity (Wildman–Crippen MR) is 125 cm³/mol. The zero-order valence-electron chi connectivity index (χ0n) is 19.5. The molecule has 1 amide bonds. The van der Waals surface area contributed by atoms with E-state index >= 15 is 0 Å². The van der Waals surface area contributed by atoms with Gasteiger partial charge in [0.25, 0.3) is 0 Å². The number of likely N-dealkylation sites (N-methyl/N-ethyl adjacent to an activating group) is 1. The van der Waals surface area contributed by atoms with Gasteiger partial charge in [0.1, 0.15) is 5.60 Å². The van der Waals surface area contributed by atoms with Gasteiger partial charge in [-0.3, -0.25) is 4.90 Å². The molecule has 8 heteroatoms. The largest absolute Gasteiger partial charge is 0.444 e. The third-order valence-electron chi connectivity index (χ3n) is 5.57. The normalized spacial score (nSPS) is 16.0. The van der Waals surface area contributed by atoms with Crippen LogP contribution < -0.4 is 11.1 Å². The number of piperazine rings is 1. The zero-order valence-corrected chi connectivity index (χ0v) is 19.5. The average Bonchev–Trinajstić information content (AvgIpc) is 2.99. The topological polar surface area (TPSA) is 88.7 Å². The van der Waals surface area contributed by atoms with Gasteiger partial charge in [0.05, 0.1) is 11.0 Å². The van der Waals surface area contributed by atoms with Gasteiger partial charge in [0.2, 0.25) is 5.95 Å². The van der Waals surface area contributed by atoms with E-state index in [-0.39, 0.29) is 6.09 Å². The van der Waals surface area contributed by atoms with Crippen LogP contribution in [0.5, 0.6) is 0 Å².